The molecule has 3 aromatic rings. The number of aromatic amines is 1. The predicted molar refractivity (Wildman–Crippen MR) is 263 cm³/mol. The van der Waals surface area contributed by atoms with Crippen molar-refractivity contribution in [2.75, 3.05) is 19.7 Å². The molecule has 2 aromatic carbocycles. The second-order valence-corrected chi connectivity index (χ2v) is 18.8. The fraction of sp³-hybridized carbons (Fsp3) is 0.510. The van der Waals surface area contributed by atoms with E-state index in [0.717, 1.165) is 10.9 Å². The fourth-order valence-electron chi connectivity index (χ4n) is 7.92. The summed E-state index contributed by atoms with van der Waals surface area (Å²) < 4.78 is 0. The van der Waals surface area contributed by atoms with E-state index in [1.807, 2.05) is 32.0 Å². The zero-order valence-electron chi connectivity index (χ0n) is 41.4. The van der Waals surface area contributed by atoms with Crippen LogP contribution in [0.3, 0.4) is 0 Å². The lowest BCUT2D eigenvalue weighted by Gasteiger charge is -2.29. The van der Waals surface area contributed by atoms with Crippen molar-refractivity contribution in [2.45, 2.75) is 122 Å². The lowest BCUT2D eigenvalue weighted by Crippen LogP contribution is -2.60. The third kappa shape index (κ3) is 17.4. The van der Waals surface area contributed by atoms with Crippen molar-refractivity contribution >= 4 is 70.0 Å². The number of aromatic hydroxyl groups is 1. The molecule has 14 N–H and O–H groups in total. The molecule has 1 fully saturated rings. The van der Waals surface area contributed by atoms with Crippen LogP contribution in [-0.4, -0.2) is 136 Å². The van der Waals surface area contributed by atoms with Gasteiger partial charge in [-0.1, -0.05) is 78.3 Å². The fourth-order valence-corrected chi connectivity index (χ4v) is 7.92. The third-order valence-corrected chi connectivity index (χ3v) is 12.0. The number of nitrogens with two attached hydrogens (primary N) is 1. The van der Waals surface area contributed by atoms with Gasteiger partial charge < -0.3 is 68.8 Å². The summed E-state index contributed by atoms with van der Waals surface area (Å²) in [6, 6.07) is 2.78. The average molecular weight is 1000 g/mol. The summed E-state index contributed by atoms with van der Waals surface area (Å²) in [5.41, 5.74) is 7.22. The maximum atomic E-state index is 14.4. The molecule has 0 unspecified atom stereocenters. The number of phenolic OH excluding ortho intramolecular Hbond substituents is 1. The van der Waals surface area contributed by atoms with Crippen LogP contribution in [0.15, 0.2) is 54.7 Å². The standard InChI is InChI=1S/C49H69N11O12/c1-7-27(6)42-49(72)58-34(17-26(4)5)45(68)56-33(16-25(2)3)43(66)52-22-40(64)54-35(18-28-12-14-30(62)15-13-28)46(69)57-37(20-39(50)63)47(70)59-38(24-61)44(67)53-23-41(65)55-36(48(71)60-42)19-29-21-51-32-11-9-8-10-31(29)32/h8-15,21,25-27,33-38,42,51,61-62H,7,16-20,22-24H2,1-6H3,(H2,50,63)(H,52,66)(H,53,67)(H,54,64)(H,55,65)(H,56,68)(H,57,69)(H,58,72)(H,59,70)(H,60,71)/t27-,33-,34-,35-,36-,37-,38-,42-/m0/s1. The second kappa shape index (κ2) is 27.2. The number of para-hydroxylation sites is 1. The Hall–Kier alpha value is -7.56. The first-order chi connectivity index (χ1) is 34.1. The van der Waals surface area contributed by atoms with Gasteiger partial charge in [-0.05, 0) is 59.9 Å². The number of aromatic nitrogens is 1. The molecule has 392 valence electrons. The van der Waals surface area contributed by atoms with E-state index in [1.165, 1.54) is 24.3 Å². The number of carbonyl (C=O) groups is 10. The topological polar surface area (TPSA) is 361 Å². The first kappa shape index (κ1) is 57.0. The Bertz CT molecular complexity index is 2420. The Balaban J connectivity index is 1.75. The van der Waals surface area contributed by atoms with E-state index in [-0.39, 0.29) is 43.3 Å². The second-order valence-electron chi connectivity index (χ2n) is 18.8. The van der Waals surface area contributed by atoms with Crippen molar-refractivity contribution < 1.29 is 58.2 Å². The Labute approximate surface area is 417 Å². The number of hydrogen-bond acceptors (Lipinski definition) is 12. The highest BCUT2D eigenvalue weighted by molar-refractivity contribution is 5.99. The summed E-state index contributed by atoms with van der Waals surface area (Å²) in [6.45, 7) is 8.28. The molecular formula is C49H69N11O12. The lowest BCUT2D eigenvalue weighted by atomic mass is 9.95. The van der Waals surface area contributed by atoms with E-state index in [0.29, 0.717) is 17.5 Å². The van der Waals surface area contributed by atoms with Crippen LogP contribution < -0.4 is 53.6 Å². The molecule has 4 rings (SSSR count). The van der Waals surface area contributed by atoms with E-state index >= 15 is 0 Å². The molecule has 0 bridgehead atoms. The van der Waals surface area contributed by atoms with Crippen LogP contribution in [0, 0.1) is 17.8 Å². The van der Waals surface area contributed by atoms with Gasteiger partial charge >= 0.3 is 0 Å². The van der Waals surface area contributed by atoms with E-state index in [4.69, 9.17) is 5.73 Å². The average Bonchev–Trinajstić information content (AvgIpc) is 3.74. The minimum absolute atomic E-state index is 0.0960. The van der Waals surface area contributed by atoms with Crippen molar-refractivity contribution in [3.63, 3.8) is 0 Å². The summed E-state index contributed by atoms with van der Waals surface area (Å²) >= 11 is 0. The normalized spacial score (nSPS) is 23.6. The maximum absolute atomic E-state index is 14.4. The minimum Gasteiger partial charge on any atom is -0.508 e. The largest absolute Gasteiger partial charge is 0.508 e. The number of rotatable bonds is 13. The number of primary amides is 1. The molecule has 0 saturated carbocycles. The molecule has 0 aliphatic carbocycles. The predicted octanol–water partition coefficient (Wildman–Crippen LogP) is -1.70. The lowest BCUT2D eigenvalue weighted by molar-refractivity contribution is -0.136. The van der Waals surface area contributed by atoms with Gasteiger partial charge in [-0.2, -0.15) is 0 Å². The van der Waals surface area contributed by atoms with Crippen LogP contribution >= 0.6 is 0 Å². The number of benzene rings is 2. The smallest absolute Gasteiger partial charge is 0.245 e. The quantitative estimate of drug-likeness (QED) is 0.0912. The number of aliphatic hydroxyl groups is 1. The van der Waals surface area contributed by atoms with Crippen LogP contribution in [0.5, 0.6) is 5.75 Å². The maximum Gasteiger partial charge on any atom is 0.245 e. The summed E-state index contributed by atoms with van der Waals surface area (Å²) in [5.74, 6) is -10.0. The van der Waals surface area contributed by atoms with Crippen LogP contribution in [-0.2, 0) is 60.8 Å². The Morgan fingerprint density at radius 2 is 1.08 bits per heavy atom. The van der Waals surface area contributed by atoms with Gasteiger partial charge in [0.1, 0.15) is 48.0 Å². The van der Waals surface area contributed by atoms with Crippen LogP contribution in [0.25, 0.3) is 10.9 Å². The molecule has 23 nitrogen and oxygen atoms in total. The molecule has 1 saturated heterocycles. The first-order valence-corrected chi connectivity index (χ1v) is 24.0. The van der Waals surface area contributed by atoms with Gasteiger partial charge in [-0.3, -0.25) is 47.9 Å². The van der Waals surface area contributed by atoms with Gasteiger partial charge in [0.05, 0.1) is 26.1 Å². The van der Waals surface area contributed by atoms with Gasteiger partial charge in [-0.25, -0.2) is 0 Å². The monoisotopic (exact) mass is 1000 g/mol. The van der Waals surface area contributed by atoms with Crippen LogP contribution in [0.4, 0.5) is 0 Å². The SMILES string of the molecule is CC[C@H](C)[C@@H]1NC(=O)[C@H](Cc2c[nH]c3ccccc23)NC(=O)CNC(=O)[C@H](CO)NC(=O)[C@H](CC(N)=O)NC(=O)[C@H](Cc2ccc(O)cc2)NC(=O)CNC(=O)[C@H](CC(C)C)NC(=O)[C@H](CC(C)C)NC1=O. The van der Waals surface area contributed by atoms with Gasteiger partial charge in [0.25, 0.3) is 0 Å². The molecule has 23 heteroatoms. The van der Waals surface area contributed by atoms with Gasteiger partial charge in [-0.15, -0.1) is 0 Å². The first-order valence-electron chi connectivity index (χ1n) is 24.0. The zero-order chi connectivity index (χ0) is 53.2. The Morgan fingerprint density at radius 1 is 0.597 bits per heavy atom. The number of amides is 10. The number of fused-ring (bicyclic) bond motifs is 1. The molecule has 0 radical (unpaired) electrons. The van der Waals surface area contributed by atoms with Crippen molar-refractivity contribution in [1.29, 1.82) is 0 Å². The molecule has 0 spiro atoms. The highest BCUT2D eigenvalue weighted by atomic mass is 16.3. The highest BCUT2D eigenvalue weighted by Gasteiger charge is 2.36. The van der Waals surface area contributed by atoms with Gasteiger partial charge in [0.15, 0.2) is 0 Å². The summed E-state index contributed by atoms with van der Waals surface area (Å²) in [4.78, 5) is 140. The molecule has 2 heterocycles. The molecule has 1 aliphatic rings. The van der Waals surface area contributed by atoms with Gasteiger partial charge in [0.2, 0.25) is 59.1 Å². The van der Waals surface area contributed by atoms with Crippen molar-refractivity contribution in [3.05, 3.63) is 65.9 Å². The molecule has 10 amide bonds. The number of H-pyrrole nitrogens is 1. The summed E-state index contributed by atoms with van der Waals surface area (Å²) in [6.07, 6.45) is 1.13. The molecule has 8 atom stereocenters. The minimum atomic E-state index is -1.77. The number of phenols is 1. The Morgan fingerprint density at radius 3 is 1.65 bits per heavy atom. The number of nitrogens with one attached hydrogen (secondary N) is 10. The molecule has 1 aliphatic heterocycles. The van der Waals surface area contributed by atoms with E-state index in [2.05, 4.69) is 52.8 Å². The highest BCUT2D eigenvalue weighted by Crippen LogP contribution is 2.20. The summed E-state index contributed by atoms with van der Waals surface area (Å²) in [7, 11) is 0. The zero-order valence-corrected chi connectivity index (χ0v) is 41.4. The molecular weight excluding hydrogens is 935 g/mol. The molecule has 72 heavy (non-hydrogen) atoms. The van der Waals surface area contributed by atoms with E-state index in [9.17, 15) is 58.2 Å². The van der Waals surface area contributed by atoms with Crippen molar-refractivity contribution in [3.8, 4) is 5.75 Å². The Kier molecular flexibility index (Phi) is 21.5. The third-order valence-electron chi connectivity index (χ3n) is 12.0. The van der Waals surface area contributed by atoms with Crippen molar-refractivity contribution in [2.24, 2.45) is 23.5 Å². The van der Waals surface area contributed by atoms with E-state index < -0.39 is 133 Å². The summed E-state index contributed by atoms with van der Waals surface area (Å²) in [5, 5.41) is 43.5. The van der Waals surface area contributed by atoms with Gasteiger partial charge in [0, 0.05) is 29.9 Å². The molecule has 1 aromatic heterocycles. The number of aliphatic hydroxyl groups excluding tert-OH is 1. The number of carbonyl (C=O) groups excluding carboxylic acids is 10. The van der Waals surface area contributed by atoms with Crippen molar-refractivity contribution in [1.82, 2.24) is 52.8 Å². The van der Waals surface area contributed by atoms with Crippen LogP contribution in [0.1, 0.15) is 78.4 Å². The number of hydrogen-bond donors (Lipinski definition) is 13. The van der Waals surface area contributed by atoms with E-state index in [1.54, 1.807) is 40.0 Å². The van der Waals surface area contributed by atoms with Crippen LogP contribution in [0.2, 0.25) is 0 Å².